The second kappa shape index (κ2) is 22.6. The van der Waals surface area contributed by atoms with Gasteiger partial charge in [-0.1, -0.05) is 48.5 Å². The molecule has 0 unspecified atom stereocenters. The van der Waals surface area contributed by atoms with E-state index in [-0.39, 0.29) is 17.4 Å². The van der Waals surface area contributed by atoms with Gasteiger partial charge in [-0.05, 0) is 86.6 Å². The van der Waals surface area contributed by atoms with Crippen molar-refractivity contribution in [3.63, 3.8) is 0 Å². The standard InChI is InChI=1S/C23H21N5.C15H11N3.2C2H3N.Cr.3F6P/c1-3-27-20-14-7-5-10-16(20)25-22(27)18-12-9-13-19(24-18)23-26-17-11-6-8-15-21(17)28(23)4-2;1-3-10-16-12(6-1)14-8-5-9-15(18-14)13-7-2-4-11-17-13;2*1-2-3;;3*1-7(2,3,4,5)6/h5-15H,3-4H2,1-2H3;1-11H;2*1H3;;;;/q;;;;+3;3*-1. The molecule has 1 radical (unpaired) electrons. The van der Waals surface area contributed by atoms with Crippen molar-refractivity contribution in [2.24, 2.45) is 0 Å². The van der Waals surface area contributed by atoms with Crippen molar-refractivity contribution in [2.75, 3.05) is 0 Å². The average molecular weight is 1170 g/mol. The third-order valence-electron chi connectivity index (χ3n) is 7.75. The number of hydrogen-bond donors (Lipinski definition) is 0. The van der Waals surface area contributed by atoms with E-state index in [4.69, 9.17) is 25.5 Å². The number of benzene rings is 2. The Morgan fingerprint density at radius 1 is 0.378 bits per heavy atom. The number of aryl methyl sites for hydroxylation is 2. The van der Waals surface area contributed by atoms with Crippen LogP contribution in [0.3, 0.4) is 0 Å². The van der Waals surface area contributed by atoms with Crippen LogP contribution in [0.1, 0.15) is 27.7 Å². The van der Waals surface area contributed by atoms with E-state index in [0.29, 0.717) is 0 Å². The first-order valence-corrected chi connectivity index (χ1v) is 26.0. The van der Waals surface area contributed by atoms with Gasteiger partial charge in [0.15, 0.2) is 11.6 Å². The minimum absolute atomic E-state index is 0. The second-order valence-corrected chi connectivity index (χ2v) is 19.7. The Morgan fingerprint density at radius 3 is 0.892 bits per heavy atom. The van der Waals surface area contributed by atoms with Gasteiger partial charge in [0.25, 0.3) is 0 Å². The zero-order valence-corrected chi connectivity index (χ0v) is 42.1. The molecule has 0 N–H and O–H groups in total. The van der Waals surface area contributed by atoms with Gasteiger partial charge in [-0.2, -0.15) is 10.5 Å². The Balaban J connectivity index is 0.000000510. The number of nitrogens with zero attached hydrogens (tertiary/aromatic N) is 10. The normalized spacial score (nSPS) is 13.6. The van der Waals surface area contributed by atoms with E-state index in [1.54, 1.807) is 24.5 Å². The fourth-order valence-corrected chi connectivity index (χ4v) is 5.61. The van der Waals surface area contributed by atoms with Gasteiger partial charge in [-0.3, -0.25) is 9.97 Å². The van der Waals surface area contributed by atoms with E-state index in [9.17, 15) is 75.5 Å². The van der Waals surface area contributed by atoms with Crippen LogP contribution in [0.5, 0.6) is 0 Å². The Morgan fingerprint density at radius 2 is 0.622 bits per heavy atom. The van der Waals surface area contributed by atoms with E-state index >= 15 is 0 Å². The first-order chi connectivity index (χ1) is 32.9. The minimum Gasteiger partial charge on any atom is -0.255 e. The van der Waals surface area contributed by atoms with Crippen molar-refractivity contribution in [2.45, 2.75) is 40.8 Å². The van der Waals surface area contributed by atoms with Crippen LogP contribution in [-0.2, 0) is 30.5 Å². The van der Waals surface area contributed by atoms with Crippen molar-refractivity contribution in [3.8, 4) is 58.0 Å². The number of para-hydroxylation sites is 4. The quantitative estimate of drug-likeness (QED) is 0.119. The topological polar surface area (TPSA) is 135 Å². The Labute approximate surface area is 419 Å². The molecule has 6 heterocycles. The summed E-state index contributed by atoms with van der Waals surface area (Å²) in [5, 5.41) is 14.6. The fraction of sp³-hybridized carbons (Fsp3) is 0.143. The number of pyridine rings is 4. The number of fused-ring (bicyclic) bond motifs is 2. The molecule has 74 heavy (non-hydrogen) atoms. The average Bonchev–Trinajstić information content (AvgIpc) is 3.83. The molecule has 0 saturated carbocycles. The van der Waals surface area contributed by atoms with Gasteiger partial charge < -0.3 is 9.13 Å². The summed E-state index contributed by atoms with van der Waals surface area (Å²) in [5.74, 6) is 1.79. The fourth-order valence-electron chi connectivity index (χ4n) is 5.61. The number of hydrogen-bond acceptors (Lipinski definition) is 8. The molecule has 403 valence electrons. The first-order valence-electron chi connectivity index (χ1n) is 19.9. The zero-order chi connectivity index (χ0) is 55.9. The Kier molecular flexibility index (Phi) is 20.0. The van der Waals surface area contributed by atoms with Gasteiger partial charge in [0.05, 0.1) is 57.0 Å². The van der Waals surface area contributed by atoms with Crippen LogP contribution < -0.4 is 0 Å². The van der Waals surface area contributed by atoms with E-state index in [2.05, 4.69) is 50.1 Å². The molecular formula is C42H38CrF18N10P3. The largest absolute Gasteiger partial charge is 3.00 e. The predicted molar refractivity (Wildman–Crippen MR) is 247 cm³/mol. The van der Waals surface area contributed by atoms with Gasteiger partial charge in [0.1, 0.15) is 11.4 Å². The van der Waals surface area contributed by atoms with Crippen LogP contribution in [-0.4, -0.2) is 39.0 Å². The van der Waals surface area contributed by atoms with Crippen molar-refractivity contribution >= 4 is 45.5 Å². The van der Waals surface area contributed by atoms with E-state index in [0.717, 1.165) is 81.0 Å². The number of nitriles is 2. The molecule has 0 spiro atoms. The molecular weight excluding hydrogens is 1130 g/mol. The summed E-state index contributed by atoms with van der Waals surface area (Å²) in [7, 11) is -32.0. The number of rotatable bonds is 6. The summed E-state index contributed by atoms with van der Waals surface area (Å²) in [6.07, 6.45) is 3.54. The molecule has 0 amide bonds. The Bertz CT molecular complexity index is 2920. The summed E-state index contributed by atoms with van der Waals surface area (Å²) < 4.78 is 182. The van der Waals surface area contributed by atoms with Crippen LogP contribution >= 0.6 is 23.4 Å². The van der Waals surface area contributed by atoms with Gasteiger partial charge >= 0.3 is 116 Å². The van der Waals surface area contributed by atoms with Crippen LogP contribution in [0.25, 0.3) is 67.9 Å². The predicted octanol–water partition coefficient (Wildman–Crippen LogP) is 19.6. The minimum atomic E-state index is -10.7. The molecule has 8 rings (SSSR count). The van der Waals surface area contributed by atoms with Crippen molar-refractivity contribution in [1.29, 1.82) is 10.5 Å². The van der Waals surface area contributed by atoms with Crippen molar-refractivity contribution in [1.82, 2.24) is 39.0 Å². The number of aromatic nitrogens is 8. The van der Waals surface area contributed by atoms with Gasteiger partial charge in [-0.15, -0.1) is 0 Å². The van der Waals surface area contributed by atoms with E-state index < -0.39 is 23.4 Å². The Hall–Kier alpha value is -6.48. The van der Waals surface area contributed by atoms with Crippen LogP contribution in [0.4, 0.5) is 75.5 Å². The maximum absolute atomic E-state index is 10.7. The maximum atomic E-state index is 9.87. The monoisotopic (exact) mass is 1170 g/mol. The molecule has 6 aromatic heterocycles. The smallest absolute Gasteiger partial charge is 0.255 e. The summed E-state index contributed by atoms with van der Waals surface area (Å²) >= 11 is 0. The molecule has 10 nitrogen and oxygen atoms in total. The summed E-state index contributed by atoms with van der Waals surface area (Å²) in [4.78, 5) is 27.8. The molecule has 0 saturated heterocycles. The first kappa shape index (κ1) is 65.5. The molecule has 0 aliphatic rings. The van der Waals surface area contributed by atoms with Gasteiger partial charge in [0, 0.05) is 39.3 Å². The number of imidazole rings is 2. The van der Waals surface area contributed by atoms with Crippen LogP contribution in [0.2, 0.25) is 0 Å². The molecule has 0 bridgehead atoms. The third-order valence-corrected chi connectivity index (χ3v) is 7.75. The molecule has 8 aromatic rings. The van der Waals surface area contributed by atoms with Crippen molar-refractivity contribution in [3.05, 3.63) is 134 Å². The summed E-state index contributed by atoms with van der Waals surface area (Å²) in [6.45, 7) is 8.82. The van der Waals surface area contributed by atoms with Crippen molar-refractivity contribution < 1.29 is 92.9 Å². The zero-order valence-electron chi connectivity index (χ0n) is 38.1. The van der Waals surface area contributed by atoms with Crippen LogP contribution in [0.15, 0.2) is 134 Å². The SMILES string of the molecule is CC#N.CC#N.CCn1c(-c2cccc(-c3nc4ccccc4n3CC)n2)nc2ccccc21.F[P-](F)(F)(F)(F)F.F[P-](F)(F)(F)(F)F.F[P-](F)(F)(F)(F)F.[Cr+3].c1ccc(-c2cccc(-c3ccccn3)n2)nc1. The molecule has 2 aromatic carbocycles. The third kappa shape index (κ3) is 29.9. The molecule has 0 fully saturated rings. The molecule has 0 atom stereocenters. The van der Waals surface area contributed by atoms with E-state index in [1.807, 2.05) is 109 Å². The number of halogens is 18. The van der Waals surface area contributed by atoms with E-state index in [1.165, 1.54) is 13.8 Å². The van der Waals surface area contributed by atoms with Crippen LogP contribution in [0, 0.1) is 22.7 Å². The maximum Gasteiger partial charge on any atom is 3.00 e. The molecule has 0 aliphatic carbocycles. The summed E-state index contributed by atoms with van der Waals surface area (Å²) in [5.41, 5.74) is 9.44. The molecule has 32 heteroatoms. The van der Waals surface area contributed by atoms with Gasteiger partial charge in [-0.25, -0.2) is 19.9 Å². The molecule has 0 aliphatic heterocycles. The second-order valence-electron chi connectivity index (χ2n) is 13.9. The van der Waals surface area contributed by atoms with Gasteiger partial charge in [0.2, 0.25) is 0 Å². The summed E-state index contributed by atoms with van der Waals surface area (Å²) in [6, 6.07) is 43.5.